The Morgan fingerprint density at radius 1 is 1.20 bits per heavy atom. The number of piperidine rings is 1. The van der Waals surface area contributed by atoms with Crippen LogP contribution in [0.25, 0.3) is 0 Å². The first-order valence-electron chi connectivity index (χ1n) is 9.63. The summed E-state index contributed by atoms with van der Waals surface area (Å²) in [6, 6.07) is 0.204. The Bertz CT molecular complexity index is 445. The van der Waals surface area contributed by atoms with Gasteiger partial charge in [0.1, 0.15) is 0 Å². The molecule has 0 bridgehead atoms. The zero-order valence-electron chi connectivity index (χ0n) is 16.4. The second kappa shape index (κ2) is 9.97. The summed E-state index contributed by atoms with van der Waals surface area (Å²) in [5.74, 6) is 1.82. The van der Waals surface area contributed by atoms with Crippen LogP contribution in [0.2, 0.25) is 0 Å². The number of aliphatic imine (C=N–C) groups is 1. The summed E-state index contributed by atoms with van der Waals surface area (Å²) in [6.07, 6.45) is 2.59. The molecule has 2 saturated heterocycles. The minimum atomic E-state index is 0.118. The summed E-state index contributed by atoms with van der Waals surface area (Å²) < 4.78 is 0. The Balaban J connectivity index is 1.71. The SMILES string of the molecule is CN=C(NCC1CCCN(C)C1)N1CCN(CC(=O)NC(C)C)CC1. The van der Waals surface area contributed by atoms with E-state index in [2.05, 4.69) is 37.4 Å². The maximum atomic E-state index is 11.9. The molecule has 144 valence electrons. The number of carbonyl (C=O) groups excluding carboxylic acids is 1. The molecule has 0 saturated carbocycles. The van der Waals surface area contributed by atoms with Crippen molar-refractivity contribution in [2.24, 2.45) is 10.9 Å². The lowest BCUT2D eigenvalue weighted by atomic mass is 9.98. The minimum absolute atomic E-state index is 0.118. The third-order valence-electron chi connectivity index (χ3n) is 4.97. The molecule has 0 spiro atoms. The van der Waals surface area contributed by atoms with Gasteiger partial charge in [-0.1, -0.05) is 0 Å². The number of hydrogen-bond acceptors (Lipinski definition) is 4. The predicted octanol–water partition coefficient (Wildman–Crippen LogP) is 0.0458. The van der Waals surface area contributed by atoms with Gasteiger partial charge in [-0.05, 0) is 46.2 Å². The minimum Gasteiger partial charge on any atom is -0.356 e. The number of likely N-dealkylation sites (tertiary alicyclic amines) is 1. The van der Waals surface area contributed by atoms with Gasteiger partial charge < -0.3 is 20.4 Å². The van der Waals surface area contributed by atoms with Gasteiger partial charge in [-0.3, -0.25) is 14.7 Å². The fourth-order valence-corrected chi connectivity index (χ4v) is 3.70. The van der Waals surface area contributed by atoms with Crippen molar-refractivity contribution >= 4 is 11.9 Å². The zero-order chi connectivity index (χ0) is 18.2. The van der Waals surface area contributed by atoms with Gasteiger partial charge in [0.2, 0.25) is 5.91 Å². The highest BCUT2D eigenvalue weighted by molar-refractivity contribution is 5.80. The Labute approximate surface area is 152 Å². The number of piperazine rings is 1. The quantitative estimate of drug-likeness (QED) is 0.541. The molecule has 2 rings (SSSR count). The molecule has 0 aromatic heterocycles. The summed E-state index contributed by atoms with van der Waals surface area (Å²) in [4.78, 5) is 23.3. The number of hydrogen-bond donors (Lipinski definition) is 2. The summed E-state index contributed by atoms with van der Waals surface area (Å²) >= 11 is 0. The molecule has 0 aromatic rings. The van der Waals surface area contributed by atoms with Gasteiger partial charge in [-0.15, -0.1) is 0 Å². The standard InChI is InChI=1S/C18H36N6O/c1-15(2)21-17(25)14-23-8-10-24(11-9-23)18(19-3)20-12-16-6-5-7-22(4)13-16/h15-16H,5-14H2,1-4H3,(H,19,20)(H,21,25). The average molecular weight is 353 g/mol. The lowest BCUT2D eigenvalue weighted by Crippen LogP contribution is -2.55. The van der Waals surface area contributed by atoms with Crippen molar-refractivity contribution in [1.82, 2.24) is 25.3 Å². The topological polar surface area (TPSA) is 63.2 Å². The van der Waals surface area contributed by atoms with E-state index in [1.165, 1.54) is 25.9 Å². The Morgan fingerprint density at radius 3 is 2.52 bits per heavy atom. The third-order valence-corrected chi connectivity index (χ3v) is 4.97. The van der Waals surface area contributed by atoms with Gasteiger partial charge in [0.25, 0.3) is 0 Å². The van der Waals surface area contributed by atoms with Gasteiger partial charge >= 0.3 is 0 Å². The van der Waals surface area contributed by atoms with Crippen LogP contribution in [-0.2, 0) is 4.79 Å². The number of carbonyl (C=O) groups is 1. The second-order valence-electron chi connectivity index (χ2n) is 7.68. The van der Waals surface area contributed by atoms with E-state index in [9.17, 15) is 4.79 Å². The van der Waals surface area contributed by atoms with Crippen LogP contribution in [0.3, 0.4) is 0 Å². The first kappa shape index (κ1) is 20.0. The smallest absolute Gasteiger partial charge is 0.234 e. The van der Waals surface area contributed by atoms with Gasteiger partial charge in [0, 0.05) is 52.4 Å². The number of nitrogens with one attached hydrogen (secondary N) is 2. The van der Waals surface area contributed by atoms with E-state index in [1.54, 1.807) is 0 Å². The third kappa shape index (κ3) is 6.82. The molecule has 2 aliphatic heterocycles. The predicted molar refractivity (Wildman–Crippen MR) is 103 cm³/mol. The lowest BCUT2D eigenvalue weighted by Gasteiger charge is -2.37. The molecule has 2 aliphatic rings. The van der Waals surface area contributed by atoms with Crippen LogP contribution in [-0.4, -0.2) is 99.1 Å². The van der Waals surface area contributed by atoms with Crippen LogP contribution in [0.5, 0.6) is 0 Å². The van der Waals surface area contributed by atoms with E-state index in [0.29, 0.717) is 12.5 Å². The molecular weight excluding hydrogens is 316 g/mol. The maximum Gasteiger partial charge on any atom is 0.234 e. The maximum absolute atomic E-state index is 11.9. The fourth-order valence-electron chi connectivity index (χ4n) is 3.70. The van der Waals surface area contributed by atoms with Crippen molar-refractivity contribution in [3.05, 3.63) is 0 Å². The van der Waals surface area contributed by atoms with Gasteiger partial charge in [0.05, 0.1) is 6.54 Å². The molecule has 0 aliphatic carbocycles. The second-order valence-corrected chi connectivity index (χ2v) is 7.68. The van der Waals surface area contributed by atoms with E-state index >= 15 is 0 Å². The van der Waals surface area contributed by atoms with Crippen molar-refractivity contribution in [3.63, 3.8) is 0 Å². The highest BCUT2D eigenvalue weighted by Gasteiger charge is 2.23. The normalized spacial score (nSPS) is 23.8. The number of amides is 1. The first-order valence-corrected chi connectivity index (χ1v) is 9.63. The van der Waals surface area contributed by atoms with Crippen molar-refractivity contribution in [3.8, 4) is 0 Å². The highest BCUT2D eigenvalue weighted by Crippen LogP contribution is 2.14. The van der Waals surface area contributed by atoms with Crippen molar-refractivity contribution in [1.29, 1.82) is 0 Å². The van der Waals surface area contributed by atoms with E-state index in [0.717, 1.165) is 38.7 Å². The molecule has 7 heteroatoms. The Morgan fingerprint density at radius 2 is 1.92 bits per heavy atom. The van der Waals surface area contributed by atoms with Gasteiger partial charge in [0.15, 0.2) is 5.96 Å². The Hall–Kier alpha value is -1.34. The summed E-state index contributed by atoms with van der Waals surface area (Å²) in [7, 11) is 4.06. The highest BCUT2D eigenvalue weighted by atomic mass is 16.2. The van der Waals surface area contributed by atoms with Crippen molar-refractivity contribution < 1.29 is 4.79 Å². The van der Waals surface area contributed by atoms with Gasteiger partial charge in [-0.2, -0.15) is 0 Å². The van der Waals surface area contributed by atoms with Gasteiger partial charge in [-0.25, -0.2) is 0 Å². The zero-order valence-corrected chi connectivity index (χ0v) is 16.4. The first-order chi connectivity index (χ1) is 12.0. The molecule has 1 atom stereocenters. The van der Waals surface area contributed by atoms with Crippen LogP contribution < -0.4 is 10.6 Å². The molecule has 7 nitrogen and oxygen atoms in total. The largest absolute Gasteiger partial charge is 0.356 e. The molecule has 2 N–H and O–H groups in total. The molecule has 1 unspecified atom stereocenters. The van der Waals surface area contributed by atoms with Crippen LogP contribution >= 0.6 is 0 Å². The molecule has 25 heavy (non-hydrogen) atoms. The lowest BCUT2D eigenvalue weighted by molar-refractivity contribution is -0.123. The molecule has 2 fully saturated rings. The van der Waals surface area contributed by atoms with Crippen LogP contribution in [0.1, 0.15) is 26.7 Å². The monoisotopic (exact) mass is 352 g/mol. The van der Waals surface area contributed by atoms with E-state index in [-0.39, 0.29) is 11.9 Å². The van der Waals surface area contributed by atoms with E-state index in [1.807, 2.05) is 20.9 Å². The average Bonchev–Trinajstić information content (AvgIpc) is 2.56. The number of rotatable bonds is 5. The van der Waals surface area contributed by atoms with E-state index in [4.69, 9.17) is 0 Å². The molecule has 0 aromatic carbocycles. The van der Waals surface area contributed by atoms with Crippen molar-refractivity contribution in [2.45, 2.75) is 32.7 Å². The van der Waals surface area contributed by atoms with E-state index < -0.39 is 0 Å². The van der Waals surface area contributed by atoms with Crippen LogP contribution in [0.15, 0.2) is 4.99 Å². The Kier molecular flexibility index (Phi) is 7.96. The van der Waals surface area contributed by atoms with Crippen LogP contribution in [0, 0.1) is 5.92 Å². The van der Waals surface area contributed by atoms with Crippen molar-refractivity contribution in [2.75, 3.05) is 66.5 Å². The number of nitrogens with zero attached hydrogens (tertiary/aromatic N) is 4. The molecule has 0 radical (unpaired) electrons. The summed E-state index contributed by atoms with van der Waals surface area (Å²) in [5, 5.41) is 6.52. The summed E-state index contributed by atoms with van der Waals surface area (Å²) in [6.45, 7) is 11.5. The molecular formula is C18H36N6O. The molecule has 1 amide bonds. The van der Waals surface area contributed by atoms with Crippen LogP contribution in [0.4, 0.5) is 0 Å². The molecule has 2 heterocycles. The fraction of sp³-hybridized carbons (Fsp3) is 0.889. The number of guanidine groups is 1. The summed E-state index contributed by atoms with van der Waals surface area (Å²) in [5.41, 5.74) is 0.